The summed E-state index contributed by atoms with van der Waals surface area (Å²) in [4.78, 5) is 35.7. The van der Waals surface area contributed by atoms with E-state index < -0.39 is 26.5 Å². The molecule has 2 heterocycles. The molecule has 0 radical (unpaired) electrons. The number of unbranched alkanes of at least 4 members (excludes halogenated alkanes) is 18. The highest BCUT2D eigenvalue weighted by Crippen LogP contribution is 2.43. The largest absolute Gasteiger partial charge is 0.472 e. The van der Waals surface area contributed by atoms with Crippen LogP contribution in [0.25, 0.3) is 0 Å². The molecule has 2 atom stereocenters. The van der Waals surface area contributed by atoms with Gasteiger partial charge in [0.1, 0.15) is 42.8 Å². The van der Waals surface area contributed by atoms with Crippen LogP contribution >= 0.6 is 7.82 Å². The van der Waals surface area contributed by atoms with Gasteiger partial charge in [-0.25, -0.2) is 4.57 Å². The normalized spacial score (nSPS) is 13.3. The molecule has 2 unspecified atom stereocenters. The highest BCUT2D eigenvalue weighted by Gasteiger charge is 2.27. The third-order valence-corrected chi connectivity index (χ3v) is 13.0. The van der Waals surface area contributed by atoms with Crippen molar-refractivity contribution in [2.45, 2.75) is 221 Å². The van der Waals surface area contributed by atoms with E-state index in [1.807, 2.05) is 21.1 Å². The maximum atomic E-state index is 12.8. The van der Waals surface area contributed by atoms with Gasteiger partial charge >= 0.3 is 19.8 Å². The van der Waals surface area contributed by atoms with Crippen LogP contribution in [0.3, 0.4) is 0 Å². The number of furan rings is 2. The number of quaternary nitrogens is 1. The molecule has 63 heavy (non-hydrogen) atoms. The molecule has 0 aliphatic heterocycles. The fourth-order valence-corrected chi connectivity index (χ4v) is 8.48. The van der Waals surface area contributed by atoms with E-state index >= 15 is 0 Å². The van der Waals surface area contributed by atoms with Crippen molar-refractivity contribution >= 4 is 19.8 Å². The van der Waals surface area contributed by atoms with E-state index in [0.717, 1.165) is 94.3 Å². The fraction of sp³-hybridized carbons (Fsp3) is 0.804. The molecule has 2 aromatic heterocycles. The molecule has 2 aromatic rings. The van der Waals surface area contributed by atoms with Gasteiger partial charge in [-0.2, -0.15) is 0 Å². The minimum absolute atomic E-state index is 0.0205. The summed E-state index contributed by atoms with van der Waals surface area (Å²) in [5.74, 6) is 3.78. The monoisotopic (exact) mass is 909 g/mol. The van der Waals surface area contributed by atoms with Gasteiger partial charge in [0.25, 0.3) is 0 Å². The first-order valence-corrected chi connectivity index (χ1v) is 26.6. The summed E-state index contributed by atoms with van der Waals surface area (Å²) in [5.41, 5.74) is 3.94. The minimum atomic E-state index is -4.40. The fourth-order valence-electron chi connectivity index (χ4n) is 7.74. The third kappa shape index (κ3) is 27.6. The lowest BCUT2D eigenvalue weighted by Gasteiger charge is -2.24. The van der Waals surface area contributed by atoms with Gasteiger partial charge in [-0.1, -0.05) is 117 Å². The number of ether oxygens (including phenoxy) is 2. The van der Waals surface area contributed by atoms with Gasteiger partial charge in [-0.15, -0.1) is 0 Å². The van der Waals surface area contributed by atoms with Crippen molar-refractivity contribution < 1.29 is 50.9 Å². The molecular weight excluding hydrogens is 818 g/mol. The molecule has 0 amide bonds. The van der Waals surface area contributed by atoms with Gasteiger partial charge in [0.15, 0.2) is 6.10 Å². The zero-order chi connectivity index (χ0) is 46.4. The number of likely N-dealkylation sites (N-methyl/N-ethyl adjacent to an activating group) is 1. The number of hydrogen-bond acceptors (Lipinski definition) is 9. The van der Waals surface area contributed by atoms with Crippen molar-refractivity contribution in [3.63, 3.8) is 0 Å². The lowest BCUT2D eigenvalue weighted by Crippen LogP contribution is -2.37. The Labute approximate surface area is 383 Å². The maximum absolute atomic E-state index is 12.8. The number of phosphoric acid groups is 1. The second-order valence-electron chi connectivity index (χ2n) is 19.0. The Morgan fingerprint density at radius 2 is 1.06 bits per heavy atom. The number of esters is 2. The van der Waals surface area contributed by atoms with E-state index in [9.17, 15) is 19.0 Å². The summed E-state index contributed by atoms with van der Waals surface area (Å²) in [5, 5.41) is 0. The number of hydrogen-bond donors (Lipinski definition) is 1. The summed E-state index contributed by atoms with van der Waals surface area (Å²) >= 11 is 0. The summed E-state index contributed by atoms with van der Waals surface area (Å²) in [6.45, 7) is 10.8. The predicted molar refractivity (Wildman–Crippen MR) is 254 cm³/mol. The van der Waals surface area contributed by atoms with Crippen molar-refractivity contribution in [2.75, 3.05) is 47.5 Å². The van der Waals surface area contributed by atoms with Crippen LogP contribution in [0.5, 0.6) is 0 Å². The van der Waals surface area contributed by atoms with Crippen LogP contribution < -0.4 is 0 Å². The number of carbonyl (C=O) groups excluding carboxylic acids is 2. The van der Waals surface area contributed by atoms with Crippen LogP contribution in [0.1, 0.15) is 208 Å². The number of rotatable bonds is 40. The molecule has 0 bridgehead atoms. The van der Waals surface area contributed by atoms with Crippen molar-refractivity contribution in [1.29, 1.82) is 0 Å². The molecule has 0 saturated carbocycles. The lowest BCUT2D eigenvalue weighted by atomic mass is 10.0. The van der Waals surface area contributed by atoms with Crippen molar-refractivity contribution in [3.8, 4) is 0 Å². The Balaban J connectivity index is 1.63. The van der Waals surface area contributed by atoms with Gasteiger partial charge < -0.3 is 27.7 Å². The molecule has 364 valence electrons. The number of phosphoric ester groups is 1. The van der Waals surface area contributed by atoms with Crippen LogP contribution in [-0.2, 0) is 58.4 Å². The van der Waals surface area contributed by atoms with Gasteiger partial charge in [-0.3, -0.25) is 18.6 Å². The first kappa shape index (κ1) is 56.7. The smallest absolute Gasteiger partial charge is 0.466 e. The van der Waals surface area contributed by atoms with Crippen LogP contribution in [0, 0.1) is 20.8 Å². The van der Waals surface area contributed by atoms with E-state index in [1.54, 1.807) is 0 Å². The third-order valence-electron chi connectivity index (χ3n) is 12.0. The van der Waals surface area contributed by atoms with Crippen LogP contribution in [0.4, 0.5) is 0 Å². The molecule has 0 aliphatic carbocycles. The Morgan fingerprint density at radius 3 is 1.59 bits per heavy atom. The Kier molecular flexibility index (Phi) is 29.8. The second kappa shape index (κ2) is 33.1. The first-order chi connectivity index (χ1) is 30.1. The van der Waals surface area contributed by atoms with Gasteiger partial charge in [0.05, 0.1) is 27.7 Å². The van der Waals surface area contributed by atoms with E-state index in [2.05, 4.69) is 40.7 Å². The lowest BCUT2D eigenvalue weighted by molar-refractivity contribution is -0.870. The topological polar surface area (TPSA) is 135 Å². The molecule has 0 spiro atoms. The van der Waals surface area contributed by atoms with E-state index in [4.69, 9.17) is 27.4 Å². The molecule has 2 rings (SSSR count). The van der Waals surface area contributed by atoms with Gasteiger partial charge in [0, 0.05) is 38.5 Å². The molecule has 0 saturated heterocycles. The van der Waals surface area contributed by atoms with Crippen molar-refractivity contribution in [1.82, 2.24) is 0 Å². The zero-order valence-corrected chi connectivity index (χ0v) is 42.2. The SMILES string of the molecule is CCCCCc1cc(C)c(CCCCCCCCCCC(=O)OC(COC(=O)CCCCCCCCCCc2oc(CCCCC)c(C)c2C)COP(=O)(O)OCC[N+](C)(C)C)o1. The molecule has 0 aromatic carbocycles. The molecule has 0 fully saturated rings. The Hall–Kier alpha value is -2.43. The van der Waals surface area contributed by atoms with Crippen LogP contribution in [-0.4, -0.2) is 74.9 Å². The predicted octanol–water partition coefficient (Wildman–Crippen LogP) is 13.4. The maximum Gasteiger partial charge on any atom is 0.472 e. The van der Waals surface area contributed by atoms with Crippen LogP contribution in [0.15, 0.2) is 14.9 Å². The number of nitrogens with zero attached hydrogens (tertiary/aromatic N) is 1. The second-order valence-corrected chi connectivity index (χ2v) is 20.4. The minimum Gasteiger partial charge on any atom is -0.466 e. The highest BCUT2D eigenvalue weighted by atomic mass is 31.2. The van der Waals surface area contributed by atoms with Crippen LogP contribution in [0.2, 0.25) is 0 Å². The molecule has 11 nitrogen and oxygen atoms in total. The average molecular weight is 909 g/mol. The Bertz CT molecular complexity index is 1560. The van der Waals surface area contributed by atoms with Crippen molar-refractivity contribution in [2.24, 2.45) is 0 Å². The van der Waals surface area contributed by atoms with Gasteiger partial charge in [-0.05, 0) is 82.1 Å². The quantitative estimate of drug-likeness (QED) is 0.0298. The molecule has 12 heteroatoms. The number of aryl methyl sites for hydroxylation is 5. The standard InChI is InChI=1S/C51H90NO10P/c1-9-11-25-31-45-39-42(3)47(60-45)32-27-21-17-13-16-20-24-30-36-51(54)61-46(41-59-63(55,56)58-38-37-52(6,7)8)40-57-50(53)35-29-23-19-15-14-18-22-28-34-49-44(5)43(4)48(62-49)33-26-12-10-2/h39,46H,9-38,40-41H2,1-8H3/p+1. The molecular formula is C51H91NO10P+. The summed E-state index contributed by atoms with van der Waals surface area (Å²) in [6.07, 6.45) is 27.8. The highest BCUT2D eigenvalue weighted by molar-refractivity contribution is 7.47. The average Bonchev–Trinajstić information content (AvgIpc) is 3.72. The first-order valence-electron chi connectivity index (χ1n) is 25.1. The Morgan fingerprint density at radius 1 is 0.603 bits per heavy atom. The zero-order valence-electron chi connectivity index (χ0n) is 41.3. The molecule has 0 aliphatic rings. The summed E-state index contributed by atoms with van der Waals surface area (Å²) in [6, 6.07) is 2.21. The van der Waals surface area contributed by atoms with E-state index in [-0.39, 0.29) is 32.0 Å². The van der Waals surface area contributed by atoms with E-state index in [1.165, 1.54) is 99.5 Å². The number of carbonyl (C=O) groups is 2. The van der Waals surface area contributed by atoms with Crippen molar-refractivity contribution in [3.05, 3.63) is 45.8 Å². The summed E-state index contributed by atoms with van der Waals surface area (Å²) in [7, 11) is 1.44. The molecule has 1 N–H and O–H groups in total. The van der Waals surface area contributed by atoms with Gasteiger partial charge in [0.2, 0.25) is 0 Å². The van der Waals surface area contributed by atoms with E-state index in [0.29, 0.717) is 23.9 Å². The summed E-state index contributed by atoms with van der Waals surface area (Å²) < 4.78 is 46.9.